The second-order valence-electron chi connectivity index (χ2n) is 11.2. The molecule has 52 heavy (non-hydrogen) atoms. The Morgan fingerprint density at radius 3 is 0.942 bits per heavy atom. The molecule has 6 N–H and O–H groups in total. The number of nitrogen functional groups attached to an aromatic ring is 3. The number of nitrogens with two attached hydrogens (primary N) is 3. The lowest BCUT2D eigenvalue weighted by atomic mass is 10.1. The Kier molecular flexibility index (Phi) is 11.6. The molecule has 11 heteroatoms. The molecular formula is C41H33N3O8. The first-order valence-electron chi connectivity index (χ1n) is 15.7. The number of esters is 4. The monoisotopic (exact) mass is 695 g/mol. The summed E-state index contributed by atoms with van der Waals surface area (Å²) in [5.41, 5.74) is 20.7. The standard InChI is InChI=1S/C21H17NO4.C20H16N2O4/c1-14-5-9-18(10-6-14)25-20(23)15-3-2-4-16(13-15)21(24)26-19-11-7-17(22)8-12-19;21-15-5-9-17(10-6-15)25-19(23)13-1-2-14(4-3-13)20(24)26-18-11-7-16(22)8-12-18/h2-13H,22H2,1H3;1-12H,21-22H2. The van der Waals surface area contributed by atoms with Gasteiger partial charge in [0.25, 0.3) is 0 Å². The van der Waals surface area contributed by atoms with Crippen molar-refractivity contribution in [1.29, 1.82) is 0 Å². The van der Waals surface area contributed by atoms with Gasteiger partial charge < -0.3 is 36.1 Å². The van der Waals surface area contributed by atoms with Gasteiger partial charge in [-0.2, -0.15) is 0 Å². The SMILES string of the molecule is Cc1ccc(OC(=O)c2cccc(C(=O)Oc3ccc(N)cc3)c2)cc1.Nc1ccc(OC(=O)c2ccc(C(=O)Oc3ccc(N)cc3)cc2)cc1. The van der Waals surface area contributed by atoms with E-state index in [9.17, 15) is 19.2 Å². The molecule has 0 saturated heterocycles. The Bertz CT molecular complexity index is 2010. The van der Waals surface area contributed by atoms with Crippen LogP contribution >= 0.6 is 0 Å². The van der Waals surface area contributed by atoms with Gasteiger partial charge >= 0.3 is 23.9 Å². The highest BCUT2D eigenvalue weighted by Gasteiger charge is 2.15. The van der Waals surface area contributed by atoms with Crippen molar-refractivity contribution in [3.63, 3.8) is 0 Å². The summed E-state index contributed by atoms with van der Waals surface area (Å²) in [5, 5.41) is 0. The van der Waals surface area contributed by atoms with E-state index in [-0.39, 0.29) is 11.1 Å². The van der Waals surface area contributed by atoms with Gasteiger partial charge in [-0.3, -0.25) is 0 Å². The first kappa shape index (κ1) is 35.9. The molecule has 0 spiro atoms. The van der Waals surface area contributed by atoms with Crippen molar-refractivity contribution in [1.82, 2.24) is 0 Å². The summed E-state index contributed by atoms with van der Waals surface area (Å²) in [4.78, 5) is 48.8. The second-order valence-corrected chi connectivity index (χ2v) is 11.2. The van der Waals surface area contributed by atoms with Gasteiger partial charge in [0.15, 0.2) is 0 Å². The van der Waals surface area contributed by atoms with Gasteiger partial charge in [0.1, 0.15) is 23.0 Å². The Balaban J connectivity index is 0.000000201. The van der Waals surface area contributed by atoms with Crippen LogP contribution in [0.3, 0.4) is 0 Å². The number of aryl methyl sites for hydroxylation is 1. The maximum atomic E-state index is 12.3. The summed E-state index contributed by atoms with van der Waals surface area (Å²) in [6.45, 7) is 1.95. The van der Waals surface area contributed by atoms with E-state index < -0.39 is 23.9 Å². The van der Waals surface area contributed by atoms with Crippen LogP contribution in [0, 0.1) is 6.92 Å². The Hall–Kier alpha value is -7.40. The molecule has 0 bridgehead atoms. The highest BCUT2D eigenvalue weighted by molar-refractivity contribution is 5.97. The molecule has 11 nitrogen and oxygen atoms in total. The molecule has 6 rings (SSSR count). The molecule has 0 saturated carbocycles. The van der Waals surface area contributed by atoms with Gasteiger partial charge in [0, 0.05) is 17.1 Å². The first-order valence-corrected chi connectivity index (χ1v) is 15.7. The Labute approximate surface area is 299 Å². The molecule has 0 heterocycles. The minimum Gasteiger partial charge on any atom is -0.423 e. The molecule has 6 aromatic carbocycles. The van der Waals surface area contributed by atoms with Crippen molar-refractivity contribution < 1.29 is 38.1 Å². The molecule has 0 aromatic heterocycles. The van der Waals surface area contributed by atoms with E-state index in [1.807, 2.05) is 19.1 Å². The smallest absolute Gasteiger partial charge is 0.343 e. The van der Waals surface area contributed by atoms with E-state index in [2.05, 4.69) is 0 Å². The predicted molar refractivity (Wildman–Crippen MR) is 196 cm³/mol. The summed E-state index contributed by atoms with van der Waals surface area (Å²) in [7, 11) is 0. The summed E-state index contributed by atoms with van der Waals surface area (Å²) in [5.74, 6) is -0.600. The van der Waals surface area contributed by atoms with Gasteiger partial charge in [0.2, 0.25) is 0 Å². The fourth-order valence-electron chi connectivity index (χ4n) is 4.39. The van der Waals surface area contributed by atoms with E-state index >= 15 is 0 Å². The maximum absolute atomic E-state index is 12.3. The molecular weight excluding hydrogens is 662 g/mol. The van der Waals surface area contributed by atoms with Crippen LogP contribution in [0.2, 0.25) is 0 Å². The molecule has 0 fully saturated rings. The van der Waals surface area contributed by atoms with E-state index in [1.165, 1.54) is 30.3 Å². The van der Waals surface area contributed by atoms with Crippen LogP contribution in [0.4, 0.5) is 17.1 Å². The first-order chi connectivity index (χ1) is 25.0. The molecule has 0 unspecified atom stereocenters. The molecule has 0 atom stereocenters. The molecule has 0 amide bonds. The number of rotatable bonds is 8. The van der Waals surface area contributed by atoms with E-state index in [0.29, 0.717) is 51.2 Å². The van der Waals surface area contributed by atoms with Crippen LogP contribution < -0.4 is 36.1 Å². The average Bonchev–Trinajstić information content (AvgIpc) is 3.15. The topological polar surface area (TPSA) is 183 Å². The zero-order valence-electron chi connectivity index (χ0n) is 27.9. The number of hydrogen-bond acceptors (Lipinski definition) is 11. The van der Waals surface area contributed by atoms with Crippen molar-refractivity contribution in [3.8, 4) is 23.0 Å². The number of hydrogen-bond donors (Lipinski definition) is 3. The highest BCUT2D eigenvalue weighted by atomic mass is 16.5. The van der Waals surface area contributed by atoms with Crippen molar-refractivity contribution in [3.05, 3.63) is 173 Å². The molecule has 0 radical (unpaired) electrons. The van der Waals surface area contributed by atoms with Crippen LogP contribution in [-0.2, 0) is 0 Å². The summed E-state index contributed by atoms with van der Waals surface area (Å²) in [6.07, 6.45) is 0. The molecule has 0 aliphatic heterocycles. The lowest BCUT2D eigenvalue weighted by Crippen LogP contribution is -2.12. The number of carbonyl (C=O) groups excluding carboxylic acids is 4. The molecule has 260 valence electrons. The predicted octanol–water partition coefficient (Wildman–Crippen LogP) is 7.31. The van der Waals surface area contributed by atoms with Crippen molar-refractivity contribution >= 4 is 40.9 Å². The molecule has 6 aromatic rings. The van der Waals surface area contributed by atoms with Crippen LogP contribution in [0.15, 0.2) is 146 Å². The van der Waals surface area contributed by atoms with Crippen molar-refractivity contribution in [2.24, 2.45) is 0 Å². The van der Waals surface area contributed by atoms with Gasteiger partial charge in [-0.15, -0.1) is 0 Å². The summed E-state index contributed by atoms with van der Waals surface area (Å²) < 4.78 is 21.1. The third-order valence-corrected chi connectivity index (χ3v) is 7.19. The number of carbonyl (C=O) groups is 4. The van der Waals surface area contributed by atoms with Crippen LogP contribution in [0.1, 0.15) is 47.0 Å². The van der Waals surface area contributed by atoms with Crippen LogP contribution in [0.25, 0.3) is 0 Å². The van der Waals surface area contributed by atoms with E-state index in [4.69, 9.17) is 36.1 Å². The van der Waals surface area contributed by atoms with Gasteiger partial charge in [-0.1, -0.05) is 23.8 Å². The van der Waals surface area contributed by atoms with Gasteiger partial charge in [0.05, 0.1) is 22.3 Å². The lowest BCUT2D eigenvalue weighted by molar-refractivity contribution is 0.0720. The number of ether oxygens (including phenoxy) is 4. The van der Waals surface area contributed by atoms with Crippen molar-refractivity contribution in [2.75, 3.05) is 17.2 Å². The highest BCUT2D eigenvalue weighted by Crippen LogP contribution is 2.19. The van der Waals surface area contributed by atoms with Gasteiger partial charge in [-0.25, -0.2) is 19.2 Å². The third kappa shape index (κ3) is 10.3. The normalized spacial score (nSPS) is 10.2. The van der Waals surface area contributed by atoms with Crippen molar-refractivity contribution in [2.45, 2.75) is 6.92 Å². The summed E-state index contributed by atoms with van der Waals surface area (Å²) >= 11 is 0. The fourth-order valence-corrected chi connectivity index (χ4v) is 4.39. The second kappa shape index (κ2) is 16.8. The number of anilines is 3. The zero-order chi connectivity index (χ0) is 37.0. The third-order valence-electron chi connectivity index (χ3n) is 7.19. The molecule has 0 aliphatic carbocycles. The zero-order valence-corrected chi connectivity index (χ0v) is 27.9. The molecule has 0 aliphatic rings. The fraction of sp³-hybridized carbons (Fsp3) is 0.0244. The largest absolute Gasteiger partial charge is 0.423 e. The van der Waals surface area contributed by atoms with Crippen LogP contribution in [-0.4, -0.2) is 23.9 Å². The Morgan fingerprint density at radius 2 is 0.635 bits per heavy atom. The number of benzene rings is 6. The summed E-state index contributed by atoms with van der Waals surface area (Å²) in [6, 6.07) is 38.8. The van der Waals surface area contributed by atoms with E-state index in [1.54, 1.807) is 103 Å². The minimum absolute atomic E-state index is 0.250. The van der Waals surface area contributed by atoms with Crippen LogP contribution in [0.5, 0.6) is 23.0 Å². The quantitative estimate of drug-likeness (QED) is 0.0825. The Morgan fingerprint density at radius 1 is 0.365 bits per heavy atom. The minimum atomic E-state index is -0.570. The van der Waals surface area contributed by atoms with E-state index in [0.717, 1.165) is 5.56 Å². The average molecular weight is 696 g/mol. The maximum Gasteiger partial charge on any atom is 0.343 e. The lowest BCUT2D eigenvalue weighted by Gasteiger charge is -2.07. The van der Waals surface area contributed by atoms with Gasteiger partial charge in [-0.05, 0) is 134 Å².